The Morgan fingerprint density at radius 1 is 1.33 bits per heavy atom. The van der Waals surface area contributed by atoms with Crippen LogP contribution in [0.3, 0.4) is 0 Å². The van der Waals surface area contributed by atoms with Crippen LogP contribution in [-0.2, 0) is 16.6 Å². The number of rotatable bonds is 4. The first-order valence-corrected chi connectivity index (χ1v) is 9.29. The molecule has 0 saturated carbocycles. The molecule has 0 amide bonds. The molecule has 1 saturated heterocycles. The Hall–Kier alpha value is -1.31. The molecule has 5 nitrogen and oxygen atoms in total. The van der Waals surface area contributed by atoms with Gasteiger partial charge in [0, 0.05) is 23.3 Å². The summed E-state index contributed by atoms with van der Waals surface area (Å²) in [5.41, 5.74) is 1.65. The van der Waals surface area contributed by atoms with Crippen molar-refractivity contribution in [2.45, 2.75) is 13.0 Å². The summed E-state index contributed by atoms with van der Waals surface area (Å²) >= 11 is 7.21. The third-order valence-electron chi connectivity index (χ3n) is 3.25. The van der Waals surface area contributed by atoms with Gasteiger partial charge in [0.15, 0.2) is 4.47 Å². The molecule has 21 heavy (non-hydrogen) atoms. The Kier molecular flexibility index (Phi) is 4.05. The maximum absolute atomic E-state index is 11.9. The number of nitrogens with zero attached hydrogens (tertiary/aromatic N) is 2. The molecule has 1 aliphatic heterocycles. The van der Waals surface area contributed by atoms with Crippen LogP contribution in [0.25, 0.3) is 0 Å². The minimum atomic E-state index is -3.11. The minimum absolute atomic E-state index is 0.235. The van der Waals surface area contributed by atoms with Gasteiger partial charge in [-0.15, -0.1) is 11.3 Å². The lowest BCUT2D eigenvalue weighted by atomic mass is 10.2. The van der Waals surface area contributed by atoms with Crippen molar-refractivity contribution in [3.63, 3.8) is 0 Å². The molecule has 1 fully saturated rings. The van der Waals surface area contributed by atoms with E-state index in [1.165, 1.54) is 15.6 Å². The Morgan fingerprint density at radius 3 is 2.67 bits per heavy atom. The summed E-state index contributed by atoms with van der Waals surface area (Å²) < 4.78 is 25.7. The number of hydrogen-bond acceptors (Lipinski definition) is 5. The van der Waals surface area contributed by atoms with Gasteiger partial charge in [-0.25, -0.2) is 13.4 Å². The average molecular weight is 344 g/mol. The highest BCUT2D eigenvalue weighted by Crippen LogP contribution is 2.26. The second-order valence-electron chi connectivity index (χ2n) is 4.72. The van der Waals surface area contributed by atoms with Crippen LogP contribution in [0.1, 0.15) is 11.3 Å². The Bertz CT molecular complexity index is 728. The Labute approximate surface area is 132 Å². The van der Waals surface area contributed by atoms with Crippen molar-refractivity contribution in [3.05, 3.63) is 39.8 Å². The summed E-state index contributed by atoms with van der Waals surface area (Å²) in [5, 5.41) is 3.26. The van der Waals surface area contributed by atoms with Gasteiger partial charge in [0.2, 0.25) is 10.0 Å². The zero-order valence-corrected chi connectivity index (χ0v) is 13.5. The van der Waals surface area contributed by atoms with E-state index in [4.69, 9.17) is 11.6 Å². The number of benzene rings is 1. The molecule has 0 unspecified atom stereocenters. The smallest absolute Gasteiger partial charge is 0.235 e. The van der Waals surface area contributed by atoms with Crippen molar-refractivity contribution >= 4 is 44.3 Å². The molecule has 2 heterocycles. The van der Waals surface area contributed by atoms with Crippen LogP contribution >= 0.6 is 22.9 Å². The molecule has 0 spiro atoms. The van der Waals surface area contributed by atoms with E-state index in [0.717, 1.165) is 16.3 Å². The number of aromatic nitrogens is 1. The summed E-state index contributed by atoms with van der Waals surface area (Å²) in [6.07, 6.45) is 2.43. The molecule has 0 bridgehead atoms. The van der Waals surface area contributed by atoms with Crippen molar-refractivity contribution in [2.24, 2.45) is 0 Å². The zero-order chi connectivity index (χ0) is 14.9. The van der Waals surface area contributed by atoms with Gasteiger partial charge >= 0.3 is 0 Å². The summed E-state index contributed by atoms with van der Waals surface area (Å²) in [4.78, 5) is 5.03. The molecule has 2 aromatic rings. The molecular weight excluding hydrogens is 330 g/mol. The Balaban J connectivity index is 1.67. The molecule has 1 aromatic heterocycles. The average Bonchev–Trinajstić information content (AvgIpc) is 3.02. The van der Waals surface area contributed by atoms with Gasteiger partial charge in [-0.05, 0) is 30.7 Å². The molecule has 1 aliphatic rings. The first kappa shape index (κ1) is 14.6. The monoisotopic (exact) mass is 343 g/mol. The molecule has 1 N–H and O–H groups in total. The van der Waals surface area contributed by atoms with Crippen molar-refractivity contribution in [3.8, 4) is 0 Å². The highest BCUT2D eigenvalue weighted by molar-refractivity contribution is 7.93. The maximum Gasteiger partial charge on any atom is 0.235 e. The maximum atomic E-state index is 11.9. The van der Waals surface area contributed by atoms with E-state index in [1.807, 2.05) is 24.3 Å². The fraction of sp³-hybridized carbons (Fsp3) is 0.308. The topological polar surface area (TPSA) is 62.3 Å². The molecule has 1 aromatic carbocycles. The van der Waals surface area contributed by atoms with E-state index < -0.39 is 10.0 Å². The summed E-state index contributed by atoms with van der Waals surface area (Å²) in [6, 6.07) is 7.41. The lowest BCUT2D eigenvalue weighted by Gasteiger charge is -2.17. The molecule has 0 aliphatic carbocycles. The van der Waals surface area contributed by atoms with E-state index in [1.54, 1.807) is 6.20 Å². The molecule has 8 heteroatoms. The number of thiazole rings is 1. The van der Waals surface area contributed by atoms with Gasteiger partial charge in [-0.3, -0.25) is 4.31 Å². The summed E-state index contributed by atoms with van der Waals surface area (Å²) in [5.74, 6) is 0.235. The normalized spacial score (nSPS) is 17.1. The van der Waals surface area contributed by atoms with Crippen LogP contribution < -0.4 is 9.62 Å². The lowest BCUT2D eigenvalue weighted by molar-refractivity contribution is 0.599. The van der Waals surface area contributed by atoms with Crippen LogP contribution in [0.4, 0.5) is 11.4 Å². The number of nitrogens with one attached hydrogen (secondary N) is 1. The van der Waals surface area contributed by atoms with E-state index >= 15 is 0 Å². The van der Waals surface area contributed by atoms with Gasteiger partial charge in [0.1, 0.15) is 0 Å². The number of halogens is 1. The van der Waals surface area contributed by atoms with E-state index in [9.17, 15) is 8.42 Å². The first-order valence-electron chi connectivity index (χ1n) is 6.49. The van der Waals surface area contributed by atoms with Crippen LogP contribution in [0.5, 0.6) is 0 Å². The quantitative estimate of drug-likeness (QED) is 0.927. The van der Waals surface area contributed by atoms with Crippen LogP contribution in [0, 0.1) is 0 Å². The van der Waals surface area contributed by atoms with Gasteiger partial charge in [0.05, 0.1) is 18.0 Å². The van der Waals surface area contributed by atoms with Gasteiger partial charge < -0.3 is 5.32 Å². The number of anilines is 2. The van der Waals surface area contributed by atoms with Crippen LogP contribution in [-0.4, -0.2) is 25.7 Å². The predicted octanol–water partition coefficient (Wildman–Crippen LogP) is 2.95. The molecule has 0 atom stereocenters. The second-order valence-corrected chi connectivity index (χ2v) is 8.43. The predicted molar refractivity (Wildman–Crippen MR) is 86.6 cm³/mol. The fourth-order valence-electron chi connectivity index (χ4n) is 2.23. The minimum Gasteiger partial charge on any atom is -0.380 e. The van der Waals surface area contributed by atoms with Crippen molar-refractivity contribution in [1.29, 1.82) is 0 Å². The van der Waals surface area contributed by atoms with Crippen molar-refractivity contribution < 1.29 is 8.42 Å². The van der Waals surface area contributed by atoms with Crippen molar-refractivity contribution in [1.82, 2.24) is 4.98 Å². The highest BCUT2D eigenvalue weighted by atomic mass is 35.5. The van der Waals surface area contributed by atoms with Crippen LogP contribution in [0.2, 0.25) is 4.47 Å². The van der Waals surface area contributed by atoms with E-state index in [-0.39, 0.29) is 5.75 Å². The molecule has 112 valence electrons. The third-order valence-corrected chi connectivity index (χ3v) is 6.23. The highest BCUT2D eigenvalue weighted by Gasteiger charge is 2.28. The fourth-order valence-corrected chi connectivity index (χ4v) is 4.71. The molecule has 3 rings (SSSR count). The summed E-state index contributed by atoms with van der Waals surface area (Å²) in [7, 11) is -3.11. The molecular formula is C13H14ClN3O2S2. The van der Waals surface area contributed by atoms with Gasteiger partial charge in [-0.2, -0.15) is 0 Å². The van der Waals surface area contributed by atoms with Crippen LogP contribution in [0.15, 0.2) is 30.5 Å². The largest absolute Gasteiger partial charge is 0.380 e. The van der Waals surface area contributed by atoms with Crippen molar-refractivity contribution in [2.75, 3.05) is 21.9 Å². The van der Waals surface area contributed by atoms with E-state index in [2.05, 4.69) is 10.3 Å². The third kappa shape index (κ3) is 3.30. The molecule has 0 radical (unpaired) electrons. The SMILES string of the molecule is O=S1(=O)CCCN1c1ccc(NCc2cnc(Cl)s2)cc1. The first-order chi connectivity index (χ1) is 10.0. The standard InChI is InChI=1S/C13H14ClN3O2S2/c14-13-16-9-12(20-13)8-15-10-2-4-11(5-3-10)17-6-1-7-21(17,18)19/h2-5,9,15H,1,6-8H2. The lowest BCUT2D eigenvalue weighted by Crippen LogP contribution is -2.24. The zero-order valence-electron chi connectivity index (χ0n) is 11.1. The Morgan fingerprint density at radius 2 is 2.10 bits per heavy atom. The number of hydrogen-bond donors (Lipinski definition) is 1. The van der Waals surface area contributed by atoms with E-state index in [0.29, 0.717) is 24.0 Å². The number of sulfonamides is 1. The second kappa shape index (κ2) is 5.82. The summed E-state index contributed by atoms with van der Waals surface area (Å²) in [6.45, 7) is 1.21. The van der Waals surface area contributed by atoms with Gasteiger partial charge in [0.25, 0.3) is 0 Å². The van der Waals surface area contributed by atoms with Gasteiger partial charge in [-0.1, -0.05) is 11.6 Å².